The fraction of sp³-hybridized carbons (Fsp3) is 0.600. The first kappa shape index (κ1) is 12.1. The van der Waals surface area contributed by atoms with E-state index in [-0.39, 0.29) is 0 Å². The highest BCUT2D eigenvalue weighted by Crippen LogP contribution is 2.31. The Morgan fingerprint density at radius 3 is 3.05 bits per heavy atom. The maximum atomic E-state index is 4.57. The van der Waals surface area contributed by atoms with Crippen molar-refractivity contribution in [2.24, 2.45) is 5.92 Å². The molecular weight excluding hydrogens is 250 g/mol. The van der Waals surface area contributed by atoms with Gasteiger partial charge in [-0.3, -0.25) is 0 Å². The monoisotopic (exact) mass is 271 g/mol. The SMILES string of the molecule is Cc1cccn2nc(NCC3CCN(C4CC4)C3)nc12. The normalized spacial score (nSPS) is 23.6. The van der Waals surface area contributed by atoms with E-state index in [4.69, 9.17) is 0 Å². The van der Waals surface area contributed by atoms with Crippen molar-refractivity contribution in [2.45, 2.75) is 32.2 Å². The summed E-state index contributed by atoms with van der Waals surface area (Å²) in [5.41, 5.74) is 2.11. The van der Waals surface area contributed by atoms with E-state index in [9.17, 15) is 0 Å². The average molecular weight is 271 g/mol. The molecule has 5 heteroatoms. The van der Waals surface area contributed by atoms with Gasteiger partial charge >= 0.3 is 0 Å². The van der Waals surface area contributed by atoms with Gasteiger partial charge in [0.25, 0.3) is 0 Å². The van der Waals surface area contributed by atoms with Crippen LogP contribution in [0.3, 0.4) is 0 Å². The summed E-state index contributed by atoms with van der Waals surface area (Å²) in [5, 5.41) is 7.90. The maximum absolute atomic E-state index is 4.57. The third-order valence-electron chi connectivity index (χ3n) is 4.49. The first-order valence-electron chi connectivity index (χ1n) is 7.59. The van der Waals surface area contributed by atoms with Crippen LogP contribution in [0.15, 0.2) is 18.3 Å². The number of rotatable bonds is 4. The largest absolute Gasteiger partial charge is 0.353 e. The summed E-state index contributed by atoms with van der Waals surface area (Å²) in [4.78, 5) is 7.21. The topological polar surface area (TPSA) is 45.5 Å². The zero-order valence-corrected chi connectivity index (χ0v) is 11.9. The quantitative estimate of drug-likeness (QED) is 0.923. The van der Waals surface area contributed by atoms with Crippen LogP contribution in [0.5, 0.6) is 0 Å². The highest BCUT2D eigenvalue weighted by molar-refractivity contribution is 5.49. The van der Waals surface area contributed by atoms with Gasteiger partial charge in [0.1, 0.15) is 0 Å². The molecule has 1 saturated carbocycles. The summed E-state index contributed by atoms with van der Waals surface area (Å²) in [6.45, 7) is 5.57. The van der Waals surface area contributed by atoms with E-state index in [1.807, 2.05) is 16.8 Å². The van der Waals surface area contributed by atoms with Crippen molar-refractivity contribution < 1.29 is 0 Å². The van der Waals surface area contributed by atoms with Crippen LogP contribution in [-0.2, 0) is 0 Å². The molecule has 1 saturated heterocycles. The van der Waals surface area contributed by atoms with Gasteiger partial charge in [-0.1, -0.05) is 6.07 Å². The molecule has 20 heavy (non-hydrogen) atoms. The smallest absolute Gasteiger partial charge is 0.243 e. The Kier molecular flexibility index (Phi) is 2.88. The standard InChI is InChI=1S/C15H21N5/c1-11-3-2-7-20-14(11)17-15(18-20)16-9-12-6-8-19(10-12)13-4-5-13/h2-3,7,12-13H,4-6,8-10H2,1H3,(H,16,18). The minimum atomic E-state index is 0.739. The fourth-order valence-corrected chi connectivity index (χ4v) is 3.15. The highest BCUT2D eigenvalue weighted by Gasteiger charge is 2.34. The number of likely N-dealkylation sites (tertiary alicyclic amines) is 1. The predicted molar refractivity (Wildman–Crippen MR) is 78.9 cm³/mol. The molecule has 3 heterocycles. The highest BCUT2D eigenvalue weighted by atomic mass is 15.3. The maximum Gasteiger partial charge on any atom is 0.243 e. The van der Waals surface area contributed by atoms with Crippen LogP contribution in [0.25, 0.3) is 5.65 Å². The van der Waals surface area contributed by atoms with Crippen molar-refractivity contribution in [1.29, 1.82) is 0 Å². The molecule has 0 amide bonds. The second kappa shape index (κ2) is 4.74. The van der Waals surface area contributed by atoms with Crippen molar-refractivity contribution in [3.8, 4) is 0 Å². The number of hydrogen-bond acceptors (Lipinski definition) is 4. The lowest BCUT2D eigenvalue weighted by atomic mass is 10.1. The minimum Gasteiger partial charge on any atom is -0.353 e. The number of pyridine rings is 1. The molecule has 1 aliphatic carbocycles. The number of fused-ring (bicyclic) bond motifs is 1. The number of hydrogen-bond donors (Lipinski definition) is 1. The summed E-state index contributed by atoms with van der Waals surface area (Å²) in [6.07, 6.45) is 6.07. The second-order valence-electron chi connectivity index (χ2n) is 6.16. The van der Waals surface area contributed by atoms with Gasteiger partial charge in [0.15, 0.2) is 5.65 Å². The molecule has 0 spiro atoms. The van der Waals surface area contributed by atoms with Gasteiger partial charge in [0.05, 0.1) is 0 Å². The number of aromatic nitrogens is 3. The summed E-state index contributed by atoms with van der Waals surface area (Å²) in [6, 6.07) is 4.97. The van der Waals surface area contributed by atoms with Gasteiger partial charge in [-0.05, 0) is 50.3 Å². The molecule has 4 rings (SSSR count). The molecule has 1 atom stereocenters. The Morgan fingerprint density at radius 1 is 1.35 bits per heavy atom. The number of nitrogens with zero attached hydrogens (tertiary/aromatic N) is 4. The Labute approximate surface area is 119 Å². The van der Waals surface area contributed by atoms with Crippen LogP contribution in [0.1, 0.15) is 24.8 Å². The third kappa shape index (κ3) is 2.26. The number of nitrogens with one attached hydrogen (secondary N) is 1. The van der Waals surface area contributed by atoms with Crippen LogP contribution in [0, 0.1) is 12.8 Å². The zero-order valence-electron chi connectivity index (χ0n) is 11.9. The van der Waals surface area contributed by atoms with Crippen LogP contribution < -0.4 is 5.32 Å². The van der Waals surface area contributed by atoms with Gasteiger partial charge in [0, 0.05) is 25.3 Å². The lowest BCUT2D eigenvalue weighted by Gasteiger charge is -2.14. The van der Waals surface area contributed by atoms with E-state index >= 15 is 0 Å². The Morgan fingerprint density at radius 2 is 2.25 bits per heavy atom. The van der Waals surface area contributed by atoms with E-state index < -0.39 is 0 Å². The Hall–Kier alpha value is -1.62. The van der Waals surface area contributed by atoms with Crippen molar-refractivity contribution in [2.75, 3.05) is 25.0 Å². The molecule has 2 fully saturated rings. The van der Waals surface area contributed by atoms with Gasteiger partial charge < -0.3 is 10.2 Å². The molecule has 5 nitrogen and oxygen atoms in total. The first-order valence-corrected chi connectivity index (χ1v) is 7.59. The molecule has 106 valence electrons. The summed E-state index contributed by atoms with van der Waals surface area (Å²) < 4.78 is 1.85. The first-order chi connectivity index (χ1) is 9.79. The molecule has 2 aromatic heterocycles. The fourth-order valence-electron chi connectivity index (χ4n) is 3.15. The average Bonchev–Trinajstić information content (AvgIpc) is 3.03. The third-order valence-corrected chi connectivity index (χ3v) is 4.49. The van der Waals surface area contributed by atoms with Gasteiger partial charge in [0.2, 0.25) is 5.95 Å². The van der Waals surface area contributed by atoms with E-state index in [0.717, 1.165) is 35.7 Å². The van der Waals surface area contributed by atoms with Crippen LogP contribution in [0.2, 0.25) is 0 Å². The van der Waals surface area contributed by atoms with Crippen molar-refractivity contribution in [3.63, 3.8) is 0 Å². The molecule has 1 N–H and O–H groups in total. The van der Waals surface area contributed by atoms with Gasteiger partial charge in [-0.15, -0.1) is 5.10 Å². The van der Waals surface area contributed by atoms with Crippen LogP contribution in [-0.4, -0.2) is 45.2 Å². The lowest BCUT2D eigenvalue weighted by molar-refractivity contribution is 0.316. The molecular formula is C15H21N5. The lowest BCUT2D eigenvalue weighted by Crippen LogP contribution is -2.25. The van der Waals surface area contributed by atoms with E-state index in [2.05, 4.69) is 33.3 Å². The zero-order chi connectivity index (χ0) is 13.5. The van der Waals surface area contributed by atoms with Crippen molar-refractivity contribution in [1.82, 2.24) is 19.5 Å². The predicted octanol–water partition coefficient (Wildman–Crippen LogP) is 1.93. The van der Waals surface area contributed by atoms with Crippen molar-refractivity contribution in [3.05, 3.63) is 23.9 Å². The number of aryl methyl sites for hydroxylation is 1. The van der Waals surface area contributed by atoms with Gasteiger partial charge in [-0.2, -0.15) is 4.98 Å². The summed E-state index contributed by atoms with van der Waals surface area (Å²) >= 11 is 0. The Balaban J connectivity index is 1.39. The summed E-state index contributed by atoms with van der Waals surface area (Å²) in [7, 11) is 0. The molecule has 0 radical (unpaired) electrons. The van der Waals surface area contributed by atoms with Gasteiger partial charge in [-0.25, -0.2) is 4.52 Å². The van der Waals surface area contributed by atoms with Crippen LogP contribution in [0.4, 0.5) is 5.95 Å². The molecule has 0 aromatic carbocycles. The molecule has 1 aliphatic heterocycles. The van der Waals surface area contributed by atoms with E-state index in [1.165, 1.54) is 32.4 Å². The van der Waals surface area contributed by atoms with Crippen molar-refractivity contribution >= 4 is 11.6 Å². The molecule has 2 aromatic rings. The van der Waals surface area contributed by atoms with Crippen LogP contribution >= 0.6 is 0 Å². The number of anilines is 1. The van der Waals surface area contributed by atoms with E-state index in [0.29, 0.717) is 0 Å². The van der Waals surface area contributed by atoms with E-state index in [1.54, 1.807) is 0 Å². The molecule has 0 bridgehead atoms. The second-order valence-corrected chi connectivity index (χ2v) is 6.16. The molecule has 2 aliphatic rings. The molecule has 1 unspecified atom stereocenters. The minimum absolute atomic E-state index is 0.739. The Bertz CT molecular complexity index is 616. The summed E-state index contributed by atoms with van der Waals surface area (Å²) in [5.74, 6) is 1.49.